The number of carbonyl (C=O) groups excluding carboxylic acids is 1. The first-order valence-corrected chi connectivity index (χ1v) is 13.7. The van der Waals surface area contributed by atoms with E-state index in [-0.39, 0.29) is 5.82 Å². The number of aromatic nitrogens is 4. The first-order chi connectivity index (χ1) is 20.5. The summed E-state index contributed by atoms with van der Waals surface area (Å²) in [6.45, 7) is 3.46. The zero-order valence-corrected chi connectivity index (χ0v) is 22.5. The minimum absolute atomic E-state index is 0.194. The number of piperazine rings is 1. The largest absolute Gasteiger partial charge is 0.367 e. The Bertz CT molecular complexity index is 1690. The number of amides is 1. The van der Waals surface area contributed by atoms with Gasteiger partial charge in [0, 0.05) is 56.8 Å². The maximum atomic E-state index is 13.5. The van der Waals surface area contributed by atoms with Gasteiger partial charge in [0.2, 0.25) is 12.3 Å². The Hall–Kier alpha value is -4.77. The molecule has 4 aromatic heterocycles. The smallest absolute Gasteiger partial charge is 0.239 e. The van der Waals surface area contributed by atoms with Gasteiger partial charge in [0.05, 0.1) is 34.1 Å². The molecule has 0 bridgehead atoms. The van der Waals surface area contributed by atoms with Crippen LogP contribution < -0.4 is 15.5 Å². The van der Waals surface area contributed by atoms with E-state index in [0.717, 1.165) is 72.0 Å². The van der Waals surface area contributed by atoms with Crippen LogP contribution in [0.2, 0.25) is 0 Å². The molecule has 0 saturated carbocycles. The molecule has 1 atom stereocenters. The Morgan fingerprint density at radius 1 is 0.952 bits per heavy atom. The van der Waals surface area contributed by atoms with Gasteiger partial charge in [-0.15, -0.1) is 0 Å². The fourth-order valence-electron chi connectivity index (χ4n) is 5.35. The summed E-state index contributed by atoms with van der Waals surface area (Å²) >= 11 is 0. The van der Waals surface area contributed by atoms with Gasteiger partial charge in [-0.05, 0) is 48.0 Å². The van der Waals surface area contributed by atoms with Crippen molar-refractivity contribution in [3.63, 3.8) is 0 Å². The van der Waals surface area contributed by atoms with Crippen molar-refractivity contribution in [3.8, 4) is 22.5 Å². The number of hydrogen-bond acceptors (Lipinski definition) is 6. The van der Waals surface area contributed by atoms with Gasteiger partial charge >= 0.3 is 0 Å². The maximum Gasteiger partial charge on any atom is 0.239 e. The molecule has 214 valence electrons. The molecule has 42 heavy (non-hydrogen) atoms. The summed E-state index contributed by atoms with van der Waals surface area (Å²) in [7, 11) is 0. The van der Waals surface area contributed by atoms with Crippen molar-refractivity contribution in [2.24, 2.45) is 0 Å². The Morgan fingerprint density at radius 3 is 2.48 bits per heavy atom. The van der Waals surface area contributed by atoms with Gasteiger partial charge in [0.1, 0.15) is 17.2 Å². The van der Waals surface area contributed by atoms with Gasteiger partial charge in [-0.3, -0.25) is 14.8 Å². The van der Waals surface area contributed by atoms with Gasteiger partial charge in [0.15, 0.2) is 0 Å². The van der Waals surface area contributed by atoms with E-state index >= 15 is 0 Å². The fraction of sp³-hybridized carbons (Fsp3) is 0.226. The molecule has 1 amide bonds. The molecule has 1 saturated heterocycles. The van der Waals surface area contributed by atoms with E-state index in [0.29, 0.717) is 11.1 Å². The predicted molar refractivity (Wildman–Crippen MR) is 156 cm³/mol. The van der Waals surface area contributed by atoms with Crippen molar-refractivity contribution in [2.45, 2.75) is 18.8 Å². The number of H-pyrrole nitrogens is 1. The van der Waals surface area contributed by atoms with Crippen LogP contribution in [0, 0.1) is 5.82 Å². The maximum absolute atomic E-state index is 13.5. The molecule has 1 aromatic carbocycles. The van der Waals surface area contributed by atoms with Crippen LogP contribution in [0.4, 0.5) is 24.7 Å². The Labute approximate surface area is 240 Å². The van der Waals surface area contributed by atoms with Crippen LogP contribution in [-0.4, -0.2) is 58.4 Å². The summed E-state index contributed by atoms with van der Waals surface area (Å²) in [5.74, 6) is -2.16. The van der Waals surface area contributed by atoms with Crippen molar-refractivity contribution in [3.05, 3.63) is 90.6 Å². The molecular formula is C31H28F3N7O. The summed E-state index contributed by atoms with van der Waals surface area (Å²) in [5.41, 5.74) is 5.91. The molecule has 0 unspecified atom stereocenters. The lowest BCUT2D eigenvalue weighted by Crippen LogP contribution is -2.43. The highest BCUT2D eigenvalue weighted by atomic mass is 19.3. The van der Waals surface area contributed by atoms with E-state index in [4.69, 9.17) is 4.98 Å². The van der Waals surface area contributed by atoms with Crippen molar-refractivity contribution in [1.82, 2.24) is 25.3 Å². The molecular weight excluding hydrogens is 543 g/mol. The third kappa shape index (κ3) is 5.68. The van der Waals surface area contributed by atoms with Crippen LogP contribution in [0.5, 0.6) is 0 Å². The third-order valence-corrected chi connectivity index (χ3v) is 7.35. The number of rotatable bonds is 8. The number of hydrogen-bond donors (Lipinski definition) is 3. The second kappa shape index (κ2) is 12.0. The predicted octanol–water partition coefficient (Wildman–Crippen LogP) is 5.61. The molecule has 8 nitrogen and oxygen atoms in total. The van der Waals surface area contributed by atoms with E-state index in [1.807, 2.05) is 24.3 Å². The molecule has 0 aliphatic carbocycles. The Kier molecular flexibility index (Phi) is 7.83. The van der Waals surface area contributed by atoms with Crippen LogP contribution in [-0.2, 0) is 4.79 Å². The summed E-state index contributed by atoms with van der Waals surface area (Å²) in [6, 6.07) is 16.1. The molecule has 5 aromatic rings. The quantitative estimate of drug-likeness (QED) is 0.224. The molecule has 0 radical (unpaired) electrons. The number of alkyl halides is 2. The third-order valence-electron chi connectivity index (χ3n) is 7.35. The van der Waals surface area contributed by atoms with Crippen molar-refractivity contribution < 1.29 is 18.0 Å². The normalized spacial score (nSPS) is 14.3. The second-order valence-corrected chi connectivity index (χ2v) is 10.0. The van der Waals surface area contributed by atoms with Crippen LogP contribution in [0.3, 0.4) is 0 Å². The van der Waals surface area contributed by atoms with Gasteiger partial charge < -0.3 is 20.5 Å². The summed E-state index contributed by atoms with van der Waals surface area (Å²) in [6.07, 6.45) is 1.62. The van der Waals surface area contributed by atoms with Gasteiger partial charge in [-0.2, -0.15) is 0 Å². The lowest BCUT2D eigenvalue weighted by molar-refractivity contribution is -0.118. The van der Waals surface area contributed by atoms with Gasteiger partial charge in [-0.1, -0.05) is 18.2 Å². The van der Waals surface area contributed by atoms with Crippen LogP contribution in [0.15, 0.2) is 79.3 Å². The first kappa shape index (κ1) is 27.4. The zero-order chi connectivity index (χ0) is 29.1. The van der Waals surface area contributed by atoms with E-state index < -0.39 is 30.5 Å². The molecule has 0 spiro atoms. The van der Waals surface area contributed by atoms with Crippen molar-refractivity contribution in [1.29, 1.82) is 0 Å². The summed E-state index contributed by atoms with van der Waals surface area (Å²) in [4.78, 5) is 32.7. The number of nitrogens with zero attached hydrogens (tertiary/aromatic N) is 4. The number of halogens is 3. The summed E-state index contributed by atoms with van der Waals surface area (Å²) in [5, 5.41) is 6.07. The standard InChI is InChI=1S/C31H28F3N7O/c32-21-6-4-19(5-7-21)22(18-25(33)34)31(42)39-26-17-20(8-11-37-26)28-27(23-3-1-2-10-36-23)30-29(40-28)24(9-12-38-30)41-15-13-35-14-16-41/h1-12,17,22,25,35,40H,13-16,18H2,(H,37,39,42)/t22-/m1/s1. The molecule has 3 N–H and O–H groups in total. The van der Waals surface area contributed by atoms with Crippen molar-refractivity contribution in [2.75, 3.05) is 36.4 Å². The molecule has 1 aliphatic rings. The lowest BCUT2D eigenvalue weighted by Gasteiger charge is -2.29. The zero-order valence-electron chi connectivity index (χ0n) is 22.5. The topological polar surface area (TPSA) is 98.8 Å². The SMILES string of the molecule is O=C(Nc1cc(-c2[nH]c3c(N4CCNCC4)ccnc3c2-c2ccccn2)ccn1)[C@H](CC(F)F)c1ccc(F)cc1. The number of pyridine rings is 3. The molecule has 11 heteroatoms. The summed E-state index contributed by atoms with van der Waals surface area (Å²) < 4.78 is 40.3. The van der Waals surface area contributed by atoms with Gasteiger partial charge in [0.25, 0.3) is 0 Å². The van der Waals surface area contributed by atoms with Crippen molar-refractivity contribution >= 4 is 28.4 Å². The molecule has 1 aliphatic heterocycles. The van der Waals surface area contributed by atoms with Crippen LogP contribution >= 0.6 is 0 Å². The monoisotopic (exact) mass is 571 g/mol. The molecule has 6 rings (SSSR count). The average molecular weight is 572 g/mol. The fourth-order valence-corrected chi connectivity index (χ4v) is 5.35. The molecule has 5 heterocycles. The van der Waals surface area contributed by atoms with Gasteiger partial charge in [-0.25, -0.2) is 18.2 Å². The first-order valence-electron chi connectivity index (χ1n) is 13.7. The average Bonchev–Trinajstić information content (AvgIpc) is 3.41. The minimum atomic E-state index is -2.73. The molecule has 1 fully saturated rings. The Morgan fingerprint density at radius 2 is 1.74 bits per heavy atom. The highest BCUT2D eigenvalue weighted by Gasteiger charge is 2.26. The number of benzene rings is 1. The lowest BCUT2D eigenvalue weighted by atomic mass is 9.95. The van der Waals surface area contributed by atoms with E-state index in [9.17, 15) is 18.0 Å². The van der Waals surface area contributed by atoms with Crippen LogP contribution in [0.25, 0.3) is 33.5 Å². The van der Waals surface area contributed by atoms with E-state index in [1.54, 1.807) is 30.7 Å². The highest BCUT2D eigenvalue weighted by molar-refractivity contribution is 6.05. The number of carbonyl (C=O) groups is 1. The second-order valence-electron chi connectivity index (χ2n) is 10.0. The minimum Gasteiger partial charge on any atom is -0.367 e. The number of anilines is 2. The van der Waals surface area contributed by atoms with E-state index in [2.05, 4.69) is 30.5 Å². The highest BCUT2D eigenvalue weighted by Crippen LogP contribution is 2.40. The number of fused-ring (bicyclic) bond motifs is 1. The number of nitrogens with one attached hydrogen (secondary N) is 3. The van der Waals surface area contributed by atoms with Crippen LogP contribution in [0.1, 0.15) is 17.9 Å². The Balaban J connectivity index is 1.39. The van der Waals surface area contributed by atoms with E-state index in [1.165, 1.54) is 12.1 Å². The number of aromatic amines is 1.